The first-order valence-electron chi connectivity index (χ1n) is 6.78. The zero-order valence-corrected chi connectivity index (χ0v) is 12.2. The lowest BCUT2D eigenvalue weighted by Crippen LogP contribution is -2.47. The zero-order chi connectivity index (χ0) is 13.9. The quantitative estimate of drug-likeness (QED) is 0.851. The van der Waals surface area contributed by atoms with E-state index in [1.165, 1.54) is 5.69 Å². The molecular formula is C15H17ClN4. The lowest BCUT2D eigenvalue weighted by Gasteiger charge is -2.36. The highest BCUT2D eigenvalue weighted by molar-refractivity contribution is 6.31. The summed E-state index contributed by atoms with van der Waals surface area (Å²) in [6.07, 6.45) is 3.58. The fourth-order valence-electron chi connectivity index (χ4n) is 2.54. The van der Waals surface area contributed by atoms with Crippen LogP contribution in [-0.2, 0) is 0 Å². The van der Waals surface area contributed by atoms with Crippen molar-refractivity contribution in [3.05, 3.63) is 47.2 Å². The highest BCUT2D eigenvalue weighted by Gasteiger charge is 2.20. The molecule has 2 heterocycles. The molecule has 1 fully saturated rings. The van der Waals surface area contributed by atoms with Crippen LogP contribution in [0.15, 0.2) is 36.7 Å². The molecule has 3 rings (SSSR count). The van der Waals surface area contributed by atoms with Crippen molar-refractivity contribution in [2.24, 2.45) is 0 Å². The van der Waals surface area contributed by atoms with Gasteiger partial charge in [-0.1, -0.05) is 17.7 Å². The van der Waals surface area contributed by atoms with Crippen LogP contribution in [0.25, 0.3) is 0 Å². The number of nitrogens with zero attached hydrogens (tertiary/aromatic N) is 4. The topological polar surface area (TPSA) is 32.3 Å². The van der Waals surface area contributed by atoms with E-state index in [1.807, 2.05) is 18.2 Å². The summed E-state index contributed by atoms with van der Waals surface area (Å²) in [7, 11) is 0. The van der Waals surface area contributed by atoms with Crippen molar-refractivity contribution in [3.63, 3.8) is 0 Å². The molecule has 1 aliphatic rings. The molecule has 0 aliphatic carbocycles. The minimum absolute atomic E-state index is 0.815. The SMILES string of the molecule is Cc1c(Cl)cccc1N1CCN(c2ncccn2)CC1. The van der Waals surface area contributed by atoms with Gasteiger partial charge in [0.2, 0.25) is 5.95 Å². The van der Waals surface area contributed by atoms with Crippen LogP contribution in [0.2, 0.25) is 5.02 Å². The summed E-state index contributed by atoms with van der Waals surface area (Å²) in [4.78, 5) is 13.2. The largest absolute Gasteiger partial charge is 0.368 e. The summed E-state index contributed by atoms with van der Waals surface area (Å²) in [5, 5.41) is 0.830. The number of hydrogen-bond acceptors (Lipinski definition) is 4. The van der Waals surface area contributed by atoms with E-state index in [0.717, 1.165) is 42.7 Å². The predicted molar refractivity (Wildman–Crippen MR) is 82.6 cm³/mol. The second-order valence-electron chi connectivity index (χ2n) is 4.91. The van der Waals surface area contributed by atoms with Gasteiger partial charge in [-0.3, -0.25) is 0 Å². The van der Waals surface area contributed by atoms with E-state index in [9.17, 15) is 0 Å². The Balaban J connectivity index is 1.71. The highest BCUT2D eigenvalue weighted by atomic mass is 35.5. The number of aromatic nitrogens is 2. The normalized spacial score (nSPS) is 15.5. The van der Waals surface area contributed by atoms with Gasteiger partial charge in [-0.05, 0) is 30.7 Å². The van der Waals surface area contributed by atoms with Gasteiger partial charge in [-0.2, -0.15) is 0 Å². The maximum atomic E-state index is 6.20. The van der Waals surface area contributed by atoms with E-state index in [-0.39, 0.29) is 0 Å². The molecule has 0 bridgehead atoms. The van der Waals surface area contributed by atoms with E-state index >= 15 is 0 Å². The van der Waals surface area contributed by atoms with Crippen molar-refractivity contribution in [1.82, 2.24) is 9.97 Å². The van der Waals surface area contributed by atoms with Crippen LogP contribution in [0.1, 0.15) is 5.56 Å². The van der Waals surface area contributed by atoms with Crippen LogP contribution in [0.4, 0.5) is 11.6 Å². The molecule has 0 N–H and O–H groups in total. The number of hydrogen-bond donors (Lipinski definition) is 0. The van der Waals surface area contributed by atoms with Crippen LogP contribution in [0, 0.1) is 6.92 Å². The fraction of sp³-hybridized carbons (Fsp3) is 0.333. The van der Waals surface area contributed by atoms with Gasteiger partial charge in [0, 0.05) is 49.3 Å². The first-order valence-corrected chi connectivity index (χ1v) is 7.15. The van der Waals surface area contributed by atoms with Gasteiger partial charge in [0.15, 0.2) is 0 Å². The Bertz CT molecular complexity index is 580. The second-order valence-corrected chi connectivity index (χ2v) is 5.31. The summed E-state index contributed by atoms with van der Waals surface area (Å²) in [6, 6.07) is 7.93. The molecule has 0 unspecified atom stereocenters. The van der Waals surface area contributed by atoms with Gasteiger partial charge >= 0.3 is 0 Å². The molecular weight excluding hydrogens is 272 g/mol. The fourth-order valence-corrected chi connectivity index (χ4v) is 2.71. The first-order chi connectivity index (χ1) is 9.75. The zero-order valence-electron chi connectivity index (χ0n) is 11.5. The monoisotopic (exact) mass is 288 g/mol. The number of halogens is 1. The standard InChI is InChI=1S/C15H17ClN4/c1-12-13(16)4-2-5-14(12)19-8-10-20(11-9-19)15-17-6-3-7-18-15/h2-7H,8-11H2,1H3. The van der Waals surface area contributed by atoms with Gasteiger partial charge in [-0.25, -0.2) is 9.97 Å². The van der Waals surface area contributed by atoms with Gasteiger partial charge in [0.1, 0.15) is 0 Å². The lowest BCUT2D eigenvalue weighted by atomic mass is 10.1. The molecule has 0 atom stereocenters. The van der Waals surface area contributed by atoms with Gasteiger partial charge in [0.05, 0.1) is 0 Å². The molecule has 104 valence electrons. The summed E-state index contributed by atoms with van der Waals surface area (Å²) in [6.45, 7) is 5.84. The Morgan fingerprint density at radius 2 is 1.60 bits per heavy atom. The molecule has 0 saturated carbocycles. The predicted octanol–water partition coefficient (Wildman–Crippen LogP) is 2.77. The van der Waals surface area contributed by atoms with Crippen molar-refractivity contribution in [3.8, 4) is 0 Å². The van der Waals surface area contributed by atoms with Crippen LogP contribution < -0.4 is 9.80 Å². The third-order valence-corrected chi connectivity index (χ3v) is 4.10. The van der Waals surface area contributed by atoms with Crippen molar-refractivity contribution in [2.45, 2.75) is 6.92 Å². The Kier molecular flexibility index (Phi) is 3.74. The van der Waals surface area contributed by atoms with Crippen LogP contribution in [-0.4, -0.2) is 36.1 Å². The molecule has 2 aromatic rings. The molecule has 20 heavy (non-hydrogen) atoms. The summed E-state index contributed by atoms with van der Waals surface area (Å²) in [5.74, 6) is 0.815. The first kappa shape index (κ1) is 13.2. The Hall–Kier alpha value is -1.81. The van der Waals surface area contributed by atoms with E-state index in [2.05, 4.69) is 32.8 Å². The number of anilines is 2. The van der Waals surface area contributed by atoms with E-state index in [4.69, 9.17) is 11.6 Å². The molecule has 1 aromatic heterocycles. The van der Waals surface area contributed by atoms with Gasteiger partial charge < -0.3 is 9.80 Å². The maximum Gasteiger partial charge on any atom is 0.225 e. The Labute approximate surface area is 124 Å². The summed E-state index contributed by atoms with van der Waals surface area (Å²) < 4.78 is 0. The summed E-state index contributed by atoms with van der Waals surface area (Å²) >= 11 is 6.20. The smallest absolute Gasteiger partial charge is 0.225 e. The number of rotatable bonds is 2. The lowest BCUT2D eigenvalue weighted by molar-refractivity contribution is 0.639. The third kappa shape index (κ3) is 2.56. The summed E-state index contributed by atoms with van der Waals surface area (Å²) in [5.41, 5.74) is 2.38. The van der Waals surface area contributed by atoms with Crippen molar-refractivity contribution in [1.29, 1.82) is 0 Å². The molecule has 4 nitrogen and oxygen atoms in total. The molecule has 0 radical (unpaired) electrons. The van der Waals surface area contributed by atoms with Crippen LogP contribution in [0.5, 0.6) is 0 Å². The Morgan fingerprint density at radius 3 is 2.30 bits per heavy atom. The minimum atomic E-state index is 0.815. The average Bonchev–Trinajstić information content (AvgIpc) is 2.51. The molecule has 1 aliphatic heterocycles. The molecule has 0 amide bonds. The Morgan fingerprint density at radius 1 is 0.950 bits per heavy atom. The molecule has 5 heteroatoms. The highest BCUT2D eigenvalue weighted by Crippen LogP contribution is 2.27. The third-order valence-electron chi connectivity index (χ3n) is 3.69. The number of piperazine rings is 1. The molecule has 1 aromatic carbocycles. The average molecular weight is 289 g/mol. The molecule has 1 saturated heterocycles. The number of benzene rings is 1. The maximum absolute atomic E-state index is 6.20. The van der Waals surface area contributed by atoms with Crippen LogP contribution >= 0.6 is 11.6 Å². The van der Waals surface area contributed by atoms with Crippen LogP contribution in [0.3, 0.4) is 0 Å². The van der Waals surface area contributed by atoms with Gasteiger partial charge in [-0.15, -0.1) is 0 Å². The molecule has 0 spiro atoms. The van der Waals surface area contributed by atoms with Crippen molar-refractivity contribution < 1.29 is 0 Å². The van der Waals surface area contributed by atoms with E-state index < -0.39 is 0 Å². The second kappa shape index (κ2) is 5.67. The van der Waals surface area contributed by atoms with E-state index in [1.54, 1.807) is 12.4 Å². The van der Waals surface area contributed by atoms with Crippen molar-refractivity contribution >= 4 is 23.2 Å². The van der Waals surface area contributed by atoms with E-state index in [0.29, 0.717) is 0 Å². The van der Waals surface area contributed by atoms with Crippen molar-refractivity contribution in [2.75, 3.05) is 36.0 Å². The minimum Gasteiger partial charge on any atom is -0.368 e. The van der Waals surface area contributed by atoms with Gasteiger partial charge in [0.25, 0.3) is 0 Å².